The third-order valence-corrected chi connectivity index (χ3v) is 15.8. The second-order valence-corrected chi connectivity index (χ2v) is 19.5. The van der Waals surface area contributed by atoms with E-state index in [4.69, 9.17) is 0 Å². The van der Waals surface area contributed by atoms with E-state index in [1.807, 2.05) is 0 Å². The fraction of sp³-hybridized carbons (Fsp3) is 0.0141. The lowest BCUT2D eigenvalue weighted by atomic mass is 9.65. The van der Waals surface area contributed by atoms with Gasteiger partial charge in [-0.1, -0.05) is 237 Å². The van der Waals surface area contributed by atoms with Crippen LogP contribution in [0.15, 0.2) is 279 Å². The molecule has 15 rings (SSSR count). The van der Waals surface area contributed by atoms with Gasteiger partial charge in [0.15, 0.2) is 0 Å². The van der Waals surface area contributed by atoms with Crippen molar-refractivity contribution in [2.75, 3.05) is 4.90 Å². The average Bonchev–Trinajstić information content (AvgIpc) is 3.96. The lowest BCUT2D eigenvalue weighted by Gasteiger charge is -2.39. The number of hydrogen-bond donors (Lipinski definition) is 0. The molecule has 0 N–H and O–H groups in total. The summed E-state index contributed by atoms with van der Waals surface area (Å²) in [4.78, 5) is 2.48. The number of para-hydroxylation sites is 5. The predicted molar refractivity (Wildman–Crippen MR) is 306 cm³/mol. The Morgan fingerprint density at radius 3 is 1.60 bits per heavy atom. The molecule has 1 aliphatic heterocycles. The SMILES string of the molecule is c1ccc(-c2ccc(-c3ccccc3N(c3ccc(-c4cccc5ccccc45)cc3)c3ccccc3-c3ccc4c(c3)C3(c5ccccc5-4)c4ccccc4-n4c5ccccc5c5cccc3c54)cc2)cc1. The van der Waals surface area contributed by atoms with Gasteiger partial charge in [0.1, 0.15) is 0 Å². The van der Waals surface area contributed by atoms with Crippen molar-refractivity contribution in [1.29, 1.82) is 0 Å². The first kappa shape index (κ1) is 41.3. The van der Waals surface area contributed by atoms with Crippen LogP contribution >= 0.6 is 0 Å². The van der Waals surface area contributed by atoms with Crippen molar-refractivity contribution in [1.82, 2.24) is 4.57 Å². The second-order valence-electron chi connectivity index (χ2n) is 19.5. The quantitative estimate of drug-likeness (QED) is 0.155. The summed E-state index contributed by atoms with van der Waals surface area (Å²) in [6.45, 7) is 0. The molecule has 0 bridgehead atoms. The van der Waals surface area contributed by atoms with Crippen molar-refractivity contribution >= 4 is 49.6 Å². The van der Waals surface area contributed by atoms with Crippen LogP contribution in [-0.2, 0) is 5.41 Å². The predicted octanol–water partition coefficient (Wildman–Crippen LogP) is 18.8. The summed E-state index contributed by atoms with van der Waals surface area (Å²) in [6.07, 6.45) is 0. The first-order chi connectivity index (χ1) is 36.2. The van der Waals surface area contributed by atoms with Crippen molar-refractivity contribution in [2.45, 2.75) is 5.41 Å². The molecule has 13 aromatic rings. The molecule has 0 amide bonds. The summed E-state index contributed by atoms with van der Waals surface area (Å²) in [7, 11) is 0. The molecular formula is C71H46N2. The van der Waals surface area contributed by atoms with Crippen LogP contribution in [0.5, 0.6) is 0 Å². The van der Waals surface area contributed by atoms with Gasteiger partial charge in [-0.2, -0.15) is 0 Å². The largest absolute Gasteiger partial charge is 0.309 e. The van der Waals surface area contributed by atoms with Crippen LogP contribution in [0.2, 0.25) is 0 Å². The molecule has 73 heavy (non-hydrogen) atoms. The molecular weight excluding hydrogens is 881 g/mol. The summed E-state index contributed by atoms with van der Waals surface area (Å²) < 4.78 is 2.52. The van der Waals surface area contributed by atoms with Crippen molar-refractivity contribution in [3.63, 3.8) is 0 Å². The van der Waals surface area contributed by atoms with E-state index in [9.17, 15) is 0 Å². The van der Waals surface area contributed by atoms with E-state index in [2.05, 4.69) is 289 Å². The van der Waals surface area contributed by atoms with Crippen LogP contribution in [-0.4, -0.2) is 4.57 Å². The molecule has 2 heteroatoms. The number of benzene rings is 12. The van der Waals surface area contributed by atoms with Crippen molar-refractivity contribution in [2.24, 2.45) is 0 Å². The highest BCUT2D eigenvalue weighted by molar-refractivity contribution is 6.13. The maximum atomic E-state index is 2.53. The van der Waals surface area contributed by atoms with E-state index in [0.29, 0.717) is 0 Å². The van der Waals surface area contributed by atoms with E-state index in [-0.39, 0.29) is 0 Å². The summed E-state index contributed by atoms with van der Waals surface area (Å²) in [5.74, 6) is 0. The van der Waals surface area contributed by atoms with Gasteiger partial charge in [-0.15, -0.1) is 0 Å². The molecule has 1 unspecified atom stereocenters. The molecule has 0 saturated heterocycles. The number of rotatable bonds is 7. The fourth-order valence-corrected chi connectivity index (χ4v) is 12.7. The van der Waals surface area contributed by atoms with Crippen LogP contribution in [0.1, 0.15) is 22.3 Å². The first-order valence-electron chi connectivity index (χ1n) is 25.3. The van der Waals surface area contributed by atoms with E-state index >= 15 is 0 Å². The molecule has 1 spiro atoms. The average molecular weight is 927 g/mol. The van der Waals surface area contributed by atoms with Crippen molar-refractivity contribution < 1.29 is 0 Å². The highest BCUT2D eigenvalue weighted by Crippen LogP contribution is 2.62. The highest BCUT2D eigenvalue weighted by atomic mass is 15.1. The van der Waals surface area contributed by atoms with Crippen molar-refractivity contribution in [3.05, 3.63) is 301 Å². The van der Waals surface area contributed by atoms with Gasteiger partial charge in [0.05, 0.1) is 33.5 Å². The Morgan fingerprint density at radius 2 is 0.795 bits per heavy atom. The van der Waals surface area contributed by atoms with Crippen LogP contribution in [0.4, 0.5) is 17.1 Å². The van der Waals surface area contributed by atoms with Crippen LogP contribution in [0.25, 0.3) is 93.9 Å². The Bertz CT molecular complexity index is 4310. The fourth-order valence-electron chi connectivity index (χ4n) is 12.7. The topological polar surface area (TPSA) is 8.17 Å². The lowest BCUT2D eigenvalue weighted by molar-refractivity contribution is 0.749. The lowest BCUT2D eigenvalue weighted by Crippen LogP contribution is -2.33. The van der Waals surface area contributed by atoms with Gasteiger partial charge in [0.2, 0.25) is 0 Å². The first-order valence-corrected chi connectivity index (χ1v) is 25.3. The zero-order valence-electron chi connectivity index (χ0n) is 40.0. The van der Waals surface area contributed by atoms with Crippen LogP contribution in [0.3, 0.4) is 0 Å². The molecule has 2 aliphatic rings. The normalized spacial score (nSPS) is 14.1. The molecule has 0 saturated carbocycles. The van der Waals surface area contributed by atoms with Gasteiger partial charge in [-0.05, 0) is 120 Å². The van der Waals surface area contributed by atoms with Gasteiger partial charge in [0.25, 0.3) is 0 Å². The monoisotopic (exact) mass is 926 g/mol. The summed E-state index contributed by atoms with van der Waals surface area (Å²) >= 11 is 0. The Labute approximate surface area is 425 Å². The molecule has 2 nitrogen and oxygen atoms in total. The van der Waals surface area contributed by atoms with Crippen LogP contribution < -0.4 is 4.90 Å². The summed E-state index contributed by atoms with van der Waals surface area (Å²) in [5.41, 5.74) is 23.7. The summed E-state index contributed by atoms with van der Waals surface area (Å²) in [6, 6.07) is 103. The molecule has 340 valence electrons. The van der Waals surface area contributed by atoms with Gasteiger partial charge in [0, 0.05) is 27.6 Å². The van der Waals surface area contributed by atoms with Crippen molar-refractivity contribution in [3.8, 4) is 61.3 Å². The number of anilines is 3. The molecule has 1 atom stereocenters. The van der Waals surface area contributed by atoms with Gasteiger partial charge in [-0.25, -0.2) is 0 Å². The minimum atomic E-state index is -0.562. The number of hydrogen-bond acceptors (Lipinski definition) is 1. The van der Waals surface area contributed by atoms with Gasteiger partial charge < -0.3 is 9.47 Å². The Kier molecular flexibility index (Phi) is 9.21. The van der Waals surface area contributed by atoms with E-state index in [0.717, 1.165) is 33.8 Å². The number of nitrogens with zero attached hydrogens (tertiary/aromatic N) is 2. The Balaban J connectivity index is 0.948. The van der Waals surface area contributed by atoms with Gasteiger partial charge >= 0.3 is 0 Å². The molecule has 12 aromatic carbocycles. The van der Waals surface area contributed by atoms with Crippen LogP contribution in [0, 0.1) is 0 Å². The van der Waals surface area contributed by atoms with Gasteiger partial charge in [-0.3, -0.25) is 0 Å². The maximum absolute atomic E-state index is 2.53. The number of aromatic nitrogens is 1. The minimum Gasteiger partial charge on any atom is -0.309 e. The second kappa shape index (κ2) is 16.3. The Hall–Kier alpha value is -9.50. The third-order valence-electron chi connectivity index (χ3n) is 15.8. The highest BCUT2D eigenvalue weighted by Gasteiger charge is 2.51. The van der Waals surface area contributed by atoms with E-state index in [1.165, 1.54) is 99.5 Å². The molecule has 2 heterocycles. The maximum Gasteiger partial charge on any atom is 0.0754 e. The van der Waals surface area contributed by atoms with E-state index in [1.54, 1.807) is 0 Å². The molecule has 0 fully saturated rings. The zero-order chi connectivity index (χ0) is 48.0. The molecule has 1 aliphatic carbocycles. The standard InChI is InChI=1S/C71H46N2/c1-2-18-47(19-3-1)48-36-38-51(39-37-48)56-23-7-12-32-66(56)72(53-43-40-50(41-44-53)55-27-16-21-49-20-4-5-22-54(49)55)67-33-13-8-24-57(67)52-42-45-59-58-25-6-10-29-62(58)71(65(59)46-52)63-30-11-15-35-69(63)73-68-34-14-9-26-60(68)61-28-17-31-64(71)70(61)73/h1-46H. The number of fused-ring (bicyclic) bond motifs is 13. The Morgan fingerprint density at radius 1 is 0.288 bits per heavy atom. The molecule has 0 radical (unpaired) electrons. The summed E-state index contributed by atoms with van der Waals surface area (Å²) in [5, 5.41) is 5.05. The van der Waals surface area contributed by atoms with E-state index < -0.39 is 5.41 Å². The zero-order valence-corrected chi connectivity index (χ0v) is 40.0. The molecule has 1 aromatic heterocycles. The third kappa shape index (κ3) is 6.11. The smallest absolute Gasteiger partial charge is 0.0754 e. The minimum absolute atomic E-state index is 0.562.